The third-order valence-electron chi connectivity index (χ3n) is 5.75. The van der Waals surface area contributed by atoms with Gasteiger partial charge in [0, 0.05) is 18.5 Å². The first-order valence-corrected chi connectivity index (χ1v) is 12.4. The first-order chi connectivity index (χ1) is 14.6. The van der Waals surface area contributed by atoms with Gasteiger partial charge in [0.25, 0.3) is 0 Å². The van der Waals surface area contributed by atoms with E-state index in [2.05, 4.69) is 10.2 Å². The molecule has 170 valence electrons. The zero-order valence-electron chi connectivity index (χ0n) is 17.7. The fourth-order valence-electron chi connectivity index (χ4n) is 3.96. The second kappa shape index (κ2) is 10.0. The van der Waals surface area contributed by atoms with Crippen molar-refractivity contribution >= 4 is 15.5 Å². The normalized spacial score (nSPS) is 16.4. The summed E-state index contributed by atoms with van der Waals surface area (Å²) in [6, 6.07) is 12.5. The molecule has 1 saturated heterocycles. The Kier molecular flexibility index (Phi) is 7.64. The molecular weight excluding hydrogens is 425 g/mol. The average molecular weight is 455 g/mol. The summed E-state index contributed by atoms with van der Waals surface area (Å²) in [6.07, 6.45) is 0.900. The van der Waals surface area contributed by atoms with Crippen LogP contribution in [-0.4, -0.2) is 45.8 Å². The Morgan fingerprint density at radius 2 is 1.74 bits per heavy atom. The van der Waals surface area contributed by atoms with Crippen molar-refractivity contribution in [2.24, 2.45) is 5.92 Å². The van der Waals surface area contributed by atoms with Crippen LogP contribution in [0.2, 0.25) is 0 Å². The van der Waals surface area contributed by atoms with Crippen LogP contribution < -0.4 is 5.32 Å². The van der Waals surface area contributed by atoms with Crippen LogP contribution in [0.5, 0.6) is 0 Å². The fraction of sp³-hybridized carbons (Fsp3) is 0.478. The number of alkyl halides is 3. The van der Waals surface area contributed by atoms with Gasteiger partial charge in [0.15, 0.2) is 9.84 Å². The van der Waals surface area contributed by atoms with Crippen LogP contribution in [0.15, 0.2) is 53.4 Å². The van der Waals surface area contributed by atoms with Gasteiger partial charge in [-0.25, -0.2) is 8.42 Å². The highest BCUT2D eigenvalue weighted by Gasteiger charge is 2.30. The standard InChI is InChI=1S/C23H29F3N2O2S/c1-31(29,30)22-8-6-18(7-9-22)16-19-10-14-28(15-11-19)13-3-12-27-21-5-2-4-20(17-21)23(24,25)26/h2,4-9,17,19,27H,3,10-16H2,1H3. The summed E-state index contributed by atoms with van der Waals surface area (Å²) in [4.78, 5) is 2.75. The molecule has 1 heterocycles. The minimum Gasteiger partial charge on any atom is -0.385 e. The predicted molar refractivity (Wildman–Crippen MR) is 117 cm³/mol. The molecule has 1 aliphatic rings. The summed E-state index contributed by atoms with van der Waals surface area (Å²) in [7, 11) is -3.16. The summed E-state index contributed by atoms with van der Waals surface area (Å²) < 4.78 is 61.4. The molecule has 0 atom stereocenters. The number of sulfone groups is 1. The number of nitrogens with one attached hydrogen (secondary N) is 1. The number of likely N-dealkylation sites (tertiary alicyclic amines) is 1. The zero-order chi connectivity index (χ0) is 22.5. The Morgan fingerprint density at radius 3 is 2.35 bits per heavy atom. The number of benzene rings is 2. The molecule has 4 nitrogen and oxygen atoms in total. The zero-order valence-corrected chi connectivity index (χ0v) is 18.5. The Labute approximate surface area is 182 Å². The molecule has 0 radical (unpaired) electrons. The van der Waals surface area contributed by atoms with Crippen LogP contribution in [0.1, 0.15) is 30.4 Å². The van der Waals surface area contributed by atoms with E-state index in [9.17, 15) is 21.6 Å². The average Bonchev–Trinajstić information content (AvgIpc) is 2.72. The van der Waals surface area contributed by atoms with Crippen molar-refractivity contribution in [3.63, 3.8) is 0 Å². The van der Waals surface area contributed by atoms with Crippen LogP contribution in [0.3, 0.4) is 0 Å². The molecule has 0 aliphatic carbocycles. The second-order valence-electron chi connectivity index (χ2n) is 8.26. The number of hydrogen-bond donors (Lipinski definition) is 1. The quantitative estimate of drug-likeness (QED) is 0.579. The van der Waals surface area contributed by atoms with Crippen molar-refractivity contribution in [1.82, 2.24) is 4.90 Å². The van der Waals surface area contributed by atoms with E-state index in [1.54, 1.807) is 18.2 Å². The number of nitrogens with zero attached hydrogens (tertiary/aromatic N) is 1. The van der Waals surface area contributed by atoms with Gasteiger partial charge in [-0.1, -0.05) is 18.2 Å². The molecule has 8 heteroatoms. The van der Waals surface area contributed by atoms with Crippen LogP contribution in [0.25, 0.3) is 0 Å². The lowest BCUT2D eigenvalue weighted by molar-refractivity contribution is -0.137. The first-order valence-electron chi connectivity index (χ1n) is 10.5. The lowest BCUT2D eigenvalue weighted by Crippen LogP contribution is -2.35. The largest absolute Gasteiger partial charge is 0.416 e. The maximum absolute atomic E-state index is 12.8. The molecule has 2 aromatic carbocycles. The summed E-state index contributed by atoms with van der Waals surface area (Å²) in [5.41, 5.74) is 1.03. The lowest BCUT2D eigenvalue weighted by Gasteiger charge is -2.32. The molecule has 2 aromatic rings. The summed E-state index contributed by atoms with van der Waals surface area (Å²) in [5, 5.41) is 3.08. The van der Waals surface area contributed by atoms with E-state index < -0.39 is 21.6 Å². The van der Waals surface area contributed by atoms with Crippen LogP contribution in [0, 0.1) is 5.92 Å². The number of rotatable bonds is 8. The molecule has 0 spiro atoms. The molecule has 0 unspecified atom stereocenters. The molecule has 0 amide bonds. The number of hydrogen-bond acceptors (Lipinski definition) is 4. The van der Waals surface area contributed by atoms with Gasteiger partial charge in [-0.15, -0.1) is 0 Å². The molecule has 0 aromatic heterocycles. The Morgan fingerprint density at radius 1 is 1.06 bits per heavy atom. The van der Waals surface area contributed by atoms with E-state index >= 15 is 0 Å². The molecule has 1 aliphatic heterocycles. The minimum absolute atomic E-state index is 0.352. The molecular formula is C23H29F3N2O2S. The smallest absolute Gasteiger partial charge is 0.385 e. The topological polar surface area (TPSA) is 49.4 Å². The SMILES string of the molecule is CS(=O)(=O)c1ccc(CC2CCN(CCCNc3cccc(C(F)(F)F)c3)CC2)cc1. The van der Waals surface area contributed by atoms with Gasteiger partial charge in [0.2, 0.25) is 0 Å². The van der Waals surface area contributed by atoms with Crippen molar-refractivity contribution in [3.8, 4) is 0 Å². The van der Waals surface area contributed by atoms with Crippen molar-refractivity contribution in [2.75, 3.05) is 37.8 Å². The number of piperidine rings is 1. The van der Waals surface area contributed by atoms with Crippen LogP contribution in [-0.2, 0) is 22.4 Å². The maximum Gasteiger partial charge on any atom is 0.416 e. The second-order valence-corrected chi connectivity index (χ2v) is 10.3. The summed E-state index contributed by atoms with van der Waals surface area (Å²) in [6.45, 7) is 3.57. The van der Waals surface area contributed by atoms with Crippen molar-refractivity contribution in [2.45, 2.75) is 36.8 Å². The van der Waals surface area contributed by atoms with E-state index in [0.29, 0.717) is 23.0 Å². The van der Waals surface area contributed by atoms with Gasteiger partial charge in [-0.2, -0.15) is 13.2 Å². The molecule has 1 N–H and O–H groups in total. The summed E-state index contributed by atoms with van der Waals surface area (Å²) in [5.74, 6) is 0.587. The maximum atomic E-state index is 12.8. The van der Waals surface area contributed by atoms with Crippen LogP contribution >= 0.6 is 0 Å². The van der Waals surface area contributed by atoms with Crippen molar-refractivity contribution in [1.29, 1.82) is 0 Å². The Balaban J connectivity index is 1.36. The Hall–Kier alpha value is -2.06. The highest BCUT2D eigenvalue weighted by Crippen LogP contribution is 2.30. The number of anilines is 1. The molecule has 0 saturated carbocycles. The Bertz CT molecular complexity index is 952. The monoisotopic (exact) mass is 454 g/mol. The fourth-order valence-corrected chi connectivity index (χ4v) is 4.59. The third-order valence-corrected chi connectivity index (χ3v) is 6.88. The minimum atomic E-state index is -4.32. The molecule has 0 bridgehead atoms. The first kappa shape index (κ1) is 23.6. The van der Waals surface area contributed by atoms with E-state index in [-0.39, 0.29) is 0 Å². The van der Waals surface area contributed by atoms with Crippen molar-refractivity contribution < 1.29 is 21.6 Å². The predicted octanol–water partition coefficient (Wildman–Crippen LogP) is 4.87. The van der Waals surface area contributed by atoms with Gasteiger partial charge < -0.3 is 10.2 Å². The highest BCUT2D eigenvalue weighted by molar-refractivity contribution is 7.90. The molecule has 1 fully saturated rings. The van der Waals surface area contributed by atoms with Crippen molar-refractivity contribution in [3.05, 3.63) is 59.7 Å². The van der Waals surface area contributed by atoms with Gasteiger partial charge in [0.1, 0.15) is 0 Å². The van der Waals surface area contributed by atoms with E-state index in [0.717, 1.165) is 63.0 Å². The van der Waals surface area contributed by atoms with Gasteiger partial charge in [-0.05, 0) is 87.1 Å². The van der Waals surface area contributed by atoms with E-state index in [1.807, 2.05) is 12.1 Å². The van der Waals surface area contributed by atoms with Crippen LogP contribution in [0.4, 0.5) is 18.9 Å². The third kappa shape index (κ3) is 7.25. The lowest BCUT2D eigenvalue weighted by atomic mass is 9.90. The van der Waals surface area contributed by atoms with Gasteiger partial charge >= 0.3 is 6.18 Å². The van der Waals surface area contributed by atoms with E-state index in [1.165, 1.54) is 12.3 Å². The summed E-state index contributed by atoms with van der Waals surface area (Å²) >= 11 is 0. The molecule has 31 heavy (non-hydrogen) atoms. The van der Waals surface area contributed by atoms with E-state index in [4.69, 9.17) is 0 Å². The highest BCUT2D eigenvalue weighted by atomic mass is 32.2. The van der Waals surface area contributed by atoms with Gasteiger partial charge in [-0.3, -0.25) is 0 Å². The van der Waals surface area contributed by atoms with Gasteiger partial charge in [0.05, 0.1) is 10.5 Å². The number of halogens is 3. The molecule has 3 rings (SSSR count).